The lowest BCUT2D eigenvalue weighted by molar-refractivity contribution is -0.00315. The zero-order valence-electron chi connectivity index (χ0n) is 10.9. The Bertz CT molecular complexity index is 207. The molecular weight excluding hydrogens is 198 g/mol. The molecule has 1 aliphatic carbocycles. The van der Waals surface area contributed by atoms with Crippen LogP contribution in [0.2, 0.25) is 0 Å². The summed E-state index contributed by atoms with van der Waals surface area (Å²) in [5, 5.41) is 3.87. The Morgan fingerprint density at radius 1 is 1.12 bits per heavy atom. The Hall–Kier alpha value is -0.0800. The van der Waals surface area contributed by atoms with Gasteiger partial charge in [-0.15, -0.1) is 0 Å². The van der Waals surface area contributed by atoms with Crippen molar-refractivity contribution >= 4 is 0 Å². The predicted molar refractivity (Wildman–Crippen MR) is 67.6 cm³/mol. The van der Waals surface area contributed by atoms with Crippen LogP contribution < -0.4 is 5.32 Å². The molecule has 0 aromatic rings. The highest BCUT2D eigenvalue weighted by Crippen LogP contribution is 2.25. The van der Waals surface area contributed by atoms with Crippen LogP contribution in [0.15, 0.2) is 0 Å². The molecule has 4 unspecified atom stereocenters. The first-order valence-electron chi connectivity index (χ1n) is 7.15. The fourth-order valence-corrected chi connectivity index (χ4v) is 3.23. The zero-order valence-corrected chi connectivity index (χ0v) is 10.9. The van der Waals surface area contributed by atoms with Gasteiger partial charge >= 0.3 is 0 Å². The van der Waals surface area contributed by atoms with Crippen LogP contribution >= 0.6 is 0 Å². The van der Waals surface area contributed by atoms with Crippen molar-refractivity contribution in [1.29, 1.82) is 0 Å². The second-order valence-corrected chi connectivity index (χ2v) is 5.76. The van der Waals surface area contributed by atoms with Gasteiger partial charge in [-0.1, -0.05) is 26.7 Å². The van der Waals surface area contributed by atoms with Gasteiger partial charge in [0.25, 0.3) is 0 Å². The molecule has 16 heavy (non-hydrogen) atoms. The number of nitrogens with one attached hydrogen (secondary N) is 1. The number of hydrogen-bond donors (Lipinski definition) is 1. The Balaban J connectivity index is 1.75. The van der Waals surface area contributed by atoms with Crippen molar-refractivity contribution in [3.05, 3.63) is 0 Å². The topological polar surface area (TPSA) is 21.3 Å². The molecule has 2 rings (SSSR count). The van der Waals surface area contributed by atoms with Crippen LogP contribution in [-0.2, 0) is 4.74 Å². The quantitative estimate of drug-likeness (QED) is 0.797. The van der Waals surface area contributed by atoms with Crippen LogP contribution in [-0.4, -0.2) is 24.8 Å². The molecule has 0 amide bonds. The molecule has 4 atom stereocenters. The molecule has 1 saturated heterocycles. The van der Waals surface area contributed by atoms with E-state index in [2.05, 4.69) is 19.2 Å². The van der Waals surface area contributed by atoms with Gasteiger partial charge in [0.2, 0.25) is 0 Å². The van der Waals surface area contributed by atoms with Crippen molar-refractivity contribution in [2.45, 2.75) is 77.0 Å². The first-order valence-corrected chi connectivity index (χ1v) is 7.15. The molecule has 1 saturated carbocycles. The first kappa shape index (κ1) is 12.4. The van der Waals surface area contributed by atoms with Crippen LogP contribution in [0, 0.1) is 5.92 Å². The van der Waals surface area contributed by atoms with Gasteiger partial charge in [0.1, 0.15) is 0 Å². The maximum Gasteiger partial charge on any atom is 0.0587 e. The van der Waals surface area contributed by atoms with Gasteiger partial charge in [0.05, 0.1) is 6.10 Å². The number of hydrogen-bond acceptors (Lipinski definition) is 2. The van der Waals surface area contributed by atoms with E-state index in [4.69, 9.17) is 4.74 Å². The van der Waals surface area contributed by atoms with Crippen LogP contribution in [0.25, 0.3) is 0 Å². The van der Waals surface area contributed by atoms with Crippen LogP contribution in [0.5, 0.6) is 0 Å². The summed E-state index contributed by atoms with van der Waals surface area (Å²) in [6.07, 6.45) is 9.73. The van der Waals surface area contributed by atoms with Gasteiger partial charge in [-0.3, -0.25) is 0 Å². The molecule has 1 heterocycles. The van der Waals surface area contributed by atoms with E-state index in [1.54, 1.807) is 0 Å². The van der Waals surface area contributed by atoms with Gasteiger partial charge < -0.3 is 10.1 Å². The highest BCUT2D eigenvalue weighted by molar-refractivity contribution is 4.83. The Labute approximate surface area is 100 Å². The van der Waals surface area contributed by atoms with E-state index in [9.17, 15) is 0 Å². The lowest BCUT2D eigenvalue weighted by atomic mass is 9.86. The smallest absolute Gasteiger partial charge is 0.0587 e. The monoisotopic (exact) mass is 225 g/mol. The number of ether oxygens (including phenoxy) is 1. The van der Waals surface area contributed by atoms with E-state index in [0.29, 0.717) is 12.1 Å². The fraction of sp³-hybridized carbons (Fsp3) is 1.00. The van der Waals surface area contributed by atoms with Crippen molar-refractivity contribution in [2.75, 3.05) is 6.61 Å². The largest absolute Gasteiger partial charge is 0.378 e. The van der Waals surface area contributed by atoms with Gasteiger partial charge in [0, 0.05) is 18.7 Å². The average molecular weight is 225 g/mol. The molecule has 0 aromatic heterocycles. The van der Waals surface area contributed by atoms with E-state index in [-0.39, 0.29) is 0 Å². The fourth-order valence-electron chi connectivity index (χ4n) is 3.23. The summed E-state index contributed by atoms with van der Waals surface area (Å²) < 4.78 is 5.73. The summed E-state index contributed by atoms with van der Waals surface area (Å²) in [5.74, 6) is 0.924. The van der Waals surface area contributed by atoms with E-state index in [1.165, 1.54) is 44.9 Å². The van der Waals surface area contributed by atoms with Crippen LogP contribution in [0.1, 0.15) is 58.8 Å². The highest BCUT2D eigenvalue weighted by Gasteiger charge is 2.25. The maximum absolute atomic E-state index is 5.73. The second-order valence-electron chi connectivity index (χ2n) is 5.76. The van der Waals surface area contributed by atoms with E-state index < -0.39 is 0 Å². The average Bonchev–Trinajstić information content (AvgIpc) is 2.29. The lowest BCUT2D eigenvalue weighted by Gasteiger charge is -2.35. The zero-order chi connectivity index (χ0) is 11.4. The van der Waals surface area contributed by atoms with E-state index in [0.717, 1.165) is 18.6 Å². The summed E-state index contributed by atoms with van der Waals surface area (Å²) in [4.78, 5) is 0. The minimum absolute atomic E-state index is 0.507. The molecule has 0 radical (unpaired) electrons. The third-order valence-corrected chi connectivity index (χ3v) is 4.23. The van der Waals surface area contributed by atoms with Gasteiger partial charge in [0.15, 0.2) is 0 Å². The van der Waals surface area contributed by atoms with Crippen molar-refractivity contribution in [2.24, 2.45) is 5.92 Å². The molecule has 0 spiro atoms. The lowest BCUT2D eigenvalue weighted by Crippen LogP contribution is -2.45. The number of rotatable bonds is 3. The first-order chi connectivity index (χ1) is 7.78. The Kier molecular flexibility index (Phi) is 4.66. The summed E-state index contributed by atoms with van der Waals surface area (Å²) in [7, 11) is 0. The predicted octanol–water partition coefficient (Wildman–Crippen LogP) is 3.11. The summed E-state index contributed by atoms with van der Waals surface area (Å²) in [6.45, 7) is 5.58. The van der Waals surface area contributed by atoms with Crippen molar-refractivity contribution in [3.8, 4) is 0 Å². The molecule has 0 aromatic carbocycles. The normalized spacial score (nSPS) is 40.9. The van der Waals surface area contributed by atoms with E-state index >= 15 is 0 Å². The Morgan fingerprint density at radius 2 is 1.94 bits per heavy atom. The minimum atomic E-state index is 0.507. The molecular formula is C14H27NO. The third kappa shape index (κ3) is 3.46. The summed E-state index contributed by atoms with van der Waals surface area (Å²) >= 11 is 0. The standard InChI is InChI=1S/C14H27NO/c1-3-14-10-13(7-8-16-14)15-12-6-4-5-11(2)9-12/h11-15H,3-10H2,1-2H3. The molecule has 94 valence electrons. The molecule has 1 aliphatic heterocycles. The van der Waals surface area contributed by atoms with Crippen molar-refractivity contribution < 1.29 is 4.74 Å². The summed E-state index contributed by atoms with van der Waals surface area (Å²) in [5.41, 5.74) is 0. The van der Waals surface area contributed by atoms with Crippen molar-refractivity contribution in [1.82, 2.24) is 5.32 Å². The van der Waals surface area contributed by atoms with Gasteiger partial charge in [-0.25, -0.2) is 0 Å². The summed E-state index contributed by atoms with van der Waals surface area (Å²) in [6, 6.07) is 1.50. The highest BCUT2D eigenvalue weighted by atomic mass is 16.5. The molecule has 2 aliphatic rings. The molecule has 2 fully saturated rings. The third-order valence-electron chi connectivity index (χ3n) is 4.23. The molecule has 2 heteroatoms. The Morgan fingerprint density at radius 3 is 2.69 bits per heavy atom. The maximum atomic E-state index is 5.73. The van der Waals surface area contributed by atoms with Crippen LogP contribution in [0.4, 0.5) is 0 Å². The minimum Gasteiger partial charge on any atom is -0.378 e. The van der Waals surface area contributed by atoms with Gasteiger partial charge in [-0.2, -0.15) is 0 Å². The second kappa shape index (κ2) is 6.02. The van der Waals surface area contributed by atoms with Crippen LogP contribution in [0.3, 0.4) is 0 Å². The molecule has 1 N–H and O–H groups in total. The van der Waals surface area contributed by atoms with Crippen molar-refractivity contribution in [3.63, 3.8) is 0 Å². The van der Waals surface area contributed by atoms with Gasteiger partial charge in [-0.05, 0) is 38.0 Å². The molecule has 2 nitrogen and oxygen atoms in total. The van der Waals surface area contributed by atoms with E-state index in [1.807, 2.05) is 0 Å². The molecule has 0 bridgehead atoms. The SMILES string of the molecule is CCC1CC(NC2CCCC(C)C2)CCO1.